The maximum Gasteiger partial charge on any atom is 0.271 e. The van der Waals surface area contributed by atoms with Gasteiger partial charge in [0.1, 0.15) is 17.2 Å². The molecule has 0 fully saturated rings. The van der Waals surface area contributed by atoms with Crippen molar-refractivity contribution in [3.8, 4) is 5.69 Å². The van der Waals surface area contributed by atoms with Gasteiger partial charge in [-0.2, -0.15) is 5.10 Å². The topological polar surface area (TPSA) is 92.7 Å². The van der Waals surface area contributed by atoms with Gasteiger partial charge in [0.2, 0.25) is 0 Å². The van der Waals surface area contributed by atoms with Crippen LogP contribution >= 0.6 is 0 Å². The molecule has 0 unspecified atom stereocenters. The molecule has 0 saturated heterocycles. The van der Waals surface area contributed by atoms with Gasteiger partial charge >= 0.3 is 0 Å². The Kier molecular flexibility index (Phi) is 4.42. The Labute approximate surface area is 142 Å². The van der Waals surface area contributed by atoms with Crippen molar-refractivity contribution in [1.29, 1.82) is 0 Å². The van der Waals surface area contributed by atoms with Crippen molar-refractivity contribution in [1.82, 2.24) is 25.1 Å². The highest BCUT2D eigenvalue weighted by Crippen LogP contribution is 2.20. The van der Waals surface area contributed by atoms with E-state index in [0.29, 0.717) is 11.3 Å². The molecular formula is C17H16FN5O2. The van der Waals surface area contributed by atoms with Gasteiger partial charge in [0, 0.05) is 12.4 Å². The van der Waals surface area contributed by atoms with Crippen molar-refractivity contribution in [3.63, 3.8) is 0 Å². The molecule has 3 rings (SSSR count). The third kappa shape index (κ3) is 3.63. The second-order valence-corrected chi connectivity index (χ2v) is 5.66. The summed E-state index contributed by atoms with van der Waals surface area (Å²) >= 11 is 0. The van der Waals surface area contributed by atoms with Crippen LogP contribution in [0, 0.1) is 12.7 Å². The Morgan fingerprint density at radius 2 is 2.16 bits per heavy atom. The van der Waals surface area contributed by atoms with Gasteiger partial charge in [0.25, 0.3) is 11.5 Å². The molecule has 2 aromatic heterocycles. The number of amides is 1. The number of halogens is 1. The Morgan fingerprint density at radius 1 is 1.36 bits per heavy atom. The summed E-state index contributed by atoms with van der Waals surface area (Å²) in [6.07, 6.45) is 5.63. The maximum absolute atomic E-state index is 14.4. The highest BCUT2D eigenvalue weighted by molar-refractivity contribution is 5.92. The molecular weight excluding hydrogens is 325 g/mol. The fraction of sp³-hybridized carbons (Fsp3) is 0.176. The average molecular weight is 341 g/mol. The smallest absolute Gasteiger partial charge is 0.271 e. The van der Waals surface area contributed by atoms with E-state index in [-0.39, 0.29) is 5.69 Å². The van der Waals surface area contributed by atoms with E-state index in [1.54, 1.807) is 31.5 Å². The zero-order chi connectivity index (χ0) is 18.0. The number of nitrogens with one attached hydrogen (secondary N) is 2. The van der Waals surface area contributed by atoms with Crippen LogP contribution in [0.4, 0.5) is 4.39 Å². The maximum atomic E-state index is 14.4. The molecule has 128 valence electrons. The number of H-pyrrole nitrogens is 1. The van der Waals surface area contributed by atoms with Crippen LogP contribution in [-0.4, -0.2) is 25.7 Å². The molecule has 1 aromatic carbocycles. The summed E-state index contributed by atoms with van der Waals surface area (Å²) in [5.74, 6) is -0.903. The van der Waals surface area contributed by atoms with Crippen molar-refractivity contribution in [3.05, 3.63) is 76.0 Å². The highest BCUT2D eigenvalue weighted by Gasteiger charge is 2.15. The van der Waals surface area contributed by atoms with Crippen molar-refractivity contribution in [2.24, 2.45) is 0 Å². The number of nitrogens with zero attached hydrogens (tertiary/aromatic N) is 3. The summed E-state index contributed by atoms with van der Waals surface area (Å²) in [5, 5.41) is 6.80. The number of hydrogen-bond donors (Lipinski definition) is 2. The zero-order valence-corrected chi connectivity index (χ0v) is 13.7. The lowest BCUT2D eigenvalue weighted by Crippen LogP contribution is -2.28. The number of aryl methyl sites for hydroxylation is 1. The van der Waals surface area contributed by atoms with Crippen LogP contribution in [0.1, 0.15) is 34.6 Å². The Balaban J connectivity index is 1.77. The monoisotopic (exact) mass is 341 g/mol. The first kappa shape index (κ1) is 16.6. The Bertz CT molecular complexity index is 959. The van der Waals surface area contributed by atoms with Crippen LogP contribution < -0.4 is 10.9 Å². The predicted molar refractivity (Wildman–Crippen MR) is 89.0 cm³/mol. The van der Waals surface area contributed by atoms with E-state index in [1.807, 2.05) is 6.92 Å². The molecule has 1 amide bonds. The highest BCUT2D eigenvalue weighted by atomic mass is 19.1. The normalized spacial score (nSPS) is 12.0. The summed E-state index contributed by atoms with van der Waals surface area (Å²) in [6, 6.07) is 4.25. The van der Waals surface area contributed by atoms with E-state index in [4.69, 9.17) is 0 Å². The number of carbonyl (C=O) groups excluding carboxylic acids is 1. The summed E-state index contributed by atoms with van der Waals surface area (Å²) in [5.41, 5.74) is 1.55. The predicted octanol–water partition coefficient (Wildman–Crippen LogP) is 1.89. The first-order valence-corrected chi connectivity index (χ1v) is 7.61. The number of hydrogen-bond acceptors (Lipinski definition) is 4. The van der Waals surface area contributed by atoms with Crippen LogP contribution in [0.25, 0.3) is 5.69 Å². The molecule has 0 aliphatic heterocycles. The molecule has 2 heterocycles. The van der Waals surface area contributed by atoms with Gasteiger partial charge in [-0.1, -0.05) is 6.07 Å². The molecule has 0 spiro atoms. The molecule has 2 N–H and O–H groups in total. The van der Waals surface area contributed by atoms with E-state index in [2.05, 4.69) is 20.4 Å². The second-order valence-electron chi connectivity index (χ2n) is 5.66. The standard InChI is InChI=1S/C17H16FN5O2/c1-10-6-21-23(9-10)15-4-3-12(5-13(15)18)11(2)22-17(25)14-7-20-16(24)8-19-14/h3-9,11H,1-2H3,(H,20,24)(H,22,25)/t11-/m1/s1. The summed E-state index contributed by atoms with van der Waals surface area (Å²) in [7, 11) is 0. The molecule has 0 radical (unpaired) electrons. The fourth-order valence-electron chi connectivity index (χ4n) is 2.34. The second kappa shape index (κ2) is 6.68. The van der Waals surface area contributed by atoms with E-state index >= 15 is 0 Å². The van der Waals surface area contributed by atoms with Crippen LogP contribution in [0.3, 0.4) is 0 Å². The lowest BCUT2D eigenvalue weighted by atomic mass is 10.1. The Hall–Kier alpha value is -3.29. The van der Waals surface area contributed by atoms with Gasteiger partial charge < -0.3 is 10.3 Å². The number of aromatic nitrogens is 4. The number of carbonyl (C=O) groups is 1. The third-order valence-electron chi connectivity index (χ3n) is 3.68. The molecule has 7 nitrogen and oxygen atoms in total. The van der Waals surface area contributed by atoms with Crippen molar-refractivity contribution >= 4 is 5.91 Å². The summed E-state index contributed by atoms with van der Waals surface area (Å²) in [6.45, 7) is 3.61. The molecule has 0 saturated carbocycles. The number of aromatic amines is 1. The largest absolute Gasteiger partial charge is 0.344 e. The van der Waals surface area contributed by atoms with Crippen molar-refractivity contribution in [2.45, 2.75) is 19.9 Å². The molecule has 0 bridgehead atoms. The van der Waals surface area contributed by atoms with Crippen LogP contribution in [-0.2, 0) is 0 Å². The molecule has 0 aliphatic rings. The van der Waals surface area contributed by atoms with E-state index in [9.17, 15) is 14.0 Å². The first-order chi connectivity index (χ1) is 11.9. The SMILES string of the molecule is Cc1cnn(-c2ccc([C@@H](C)NC(=O)c3c[nH]c(=O)cn3)cc2F)c1. The van der Waals surface area contributed by atoms with E-state index in [0.717, 1.165) is 11.8 Å². The summed E-state index contributed by atoms with van der Waals surface area (Å²) in [4.78, 5) is 29.2. The average Bonchev–Trinajstić information content (AvgIpc) is 3.01. The van der Waals surface area contributed by atoms with Gasteiger partial charge in [-0.25, -0.2) is 14.1 Å². The minimum absolute atomic E-state index is 0.0792. The first-order valence-electron chi connectivity index (χ1n) is 7.61. The Morgan fingerprint density at radius 3 is 2.76 bits per heavy atom. The lowest BCUT2D eigenvalue weighted by Gasteiger charge is -2.15. The zero-order valence-electron chi connectivity index (χ0n) is 13.7. The van der Waals surface area contributed by atoms with Crippen LogP contribution in [0.2, 0.25) is 0 Å². The molecule has 8 heteroatoms. The molecule has 1 atom stereocenters. The van der Waals surface area contributed by atoms with E-state index < -0.39 is 23.3 Å². The molecule has 0 aliphatic carbocycles. The minimum atomic E-state index is -0.462. The van der Waals surface area contributed by atoms with Crippen molar-refractivity contribution in [2.75, 3.05) is 0 Å². The lowest BCUT2D eigenvalue weighted by molar-refractivity contribution is 0.0934. The number of rotatable bonds is 4. The summed E-state index contributed by atoms with van der Waals surface area (Å²) < 4.78 is 15.8. The fourth-order valence-corrected chi connectivity index (χ4v) is 2.34. The van der Waals surface area contributed by atoms with E-state index in [1.165, 1.54) is 16.9 Å². The number of benzene rings is 1. The van der Waals surface area contributed by atoms with Gasteiger partial charge in [0.05, 0.1) is 18.4 Å². The van der Waals surface area contributed by atoms with Gasteiger partial charge in [-0.15, -0.1) is 0 Å². The van der Waals surface area contributed by atoms with Crippen LogP contribution in [0.15, 0.2) is 47.8 Å². The van der Waals surface area contributed by atoms with Gasteiger partial charge in [-0.05, 0) is 37.1 Å². The van der Waals surface area contributed by atoms with Crippen molar-refractivity contribution < 1.29 is 9.18 Å². The third-order valence-corrected chi connectivity index (χ3v) is 3.68. The van der Waals surface area contributed by atoms with Gasteiger partial charge in [0.15, 0.2) is 0 Å². The minimum Gasteiger partial charge on any atom is -0.344 e. The quantitative estimate of drug-likeness (QED) is 0.758. The van der Waals surface area contributed by atoms with Gasteiger partial charge in [-0.3, -0.25) is 9.59 Å². The molecule has 3 aromatic rings. The molecule has 25 heavy (non-hydrogen) atoms. The van der Waals surface area contributed by atoms with Crippen LogP contribution in [0.5, 0.6) is 0 Å².